The van der Waals surface area contributed by atoms with Crippen molar-refractivity contribution in [1.82, 2.24) is 15.5 Å². The number of likely N-dealkylation sites (tertiary alicyclic amines) is 1. The van der Waals surface area contributed by atoms with Crippen molar-refractivity contribution >= 4 is 35.6 Å². The minimum Gasteiger partial charge on any atom is -0.354 e. The molecular formula is C21H28IN5O2. The monoisotopic (exact) mass is 509 g/mol. The van der Waals surface area contributed by atoms with Crippen LogP contribution < -0.4 is 10.6 Å². The van der Waals surface area contributed by atoms with Crippen LogP contribution in [0.4, 0.5) is 5.69 Å². The number of nitro benzene ring substituents is 1. The van der Waals surface area contributed by atoms with Crippen LogP contribution in [-0.4, -0.2) is 42.5 Å². The molecule has 8 heteroatoms. The van der Waals surface area contributed by atoms with Gasteiger partial charge in [0.05, 0.1) is 11.0 Å². The molecule has 0 amide bonds. The van der Waals surface area contributed by atoms with Gasteiger partial charge in [0.25, 0.3) is 5.69 Å². The highest BCUT2D eigenvalue weighted by atomic mass is 127. The smallest absolute Gasteiger partial charge is 0.274 e. The lowest BCUT2D eigenvalue weighted by molar-refractivity contribution is -0.385. The lowest BCUT2D eigenvalue weighted by Crippen LogP contribution is -2.42. The molecule has 0 radical (unpaired) electrons. The SMILES string of the molecule is CN=C(NCc1ccccc1[N+](=O)[O-])NCC(c1ccccc1)N1CCCC1.I. The van der Waals surface area contributed by atoms with Gasteiger partial charge >= 0.3 is 0 Å². The summed E-state index contributed by atoms with van der Waals surface area (Å²) < 4.78 is 0. The van der Waals surface area contributed by atoms with Crippen LogP contribution in [0.3, 0.4) is 0 Å². The molecule has 0 aromatic heterocycles. The predicted molar refractivity (Wildman–Crippen MR) is 127 cm³/mol. The van der Waals surface area contributed by atoms with Crippen LogP contribution >= 0.6 is 24.0 Å². The first kappa shape index (κ1) is 23.1. The second-order valence-electron chi connectivity index (χ2n) is 6.86. The van der Waals surface area contributed by atoms with Gasteiger partial charge < -0.3 is 10.6 Å². The molecule has 2 N–H and O–H groups in total. The Kier molecular flexibility index (Phi) is 9.33. The molecule has 2 aromatic rings. The number of nitrogens with one attached hydrogen (secondary N) is 2. The summed E-state index contributed by atoms with van der Waals surface area (Å²) in [6, 6.07) is 17.5. The predicted octanol–water partition coefficient (Wildman–Crippen LogP) is 3.71. The first-order valence-corrected chi connectivity index (χ1v) is 9.65. The van der Waals surface area contributed by atoms with Gasteiger partial charge in [0, 0.05) is 31.8 Å². The van der Waals surface area contributed by atoms with E-state index in [2.05, 4.69) is 44.8 Å². The Morgan fingerprint density at radius 2 is 1.76 bits per heavy atom. The number of guanidine groups is 1. The zero-order chi connectivity index (χ0) is 19.8. The Morgan fingerprint density at radius 3 is 2.41 bits per heavy atom. The van der Waals surface area contributed by atoms with Crippen LogP contribution in [-0.2, 0) is 6.54 Å². The normalized spacial score (nSPS) is 15.4. The van der Waals surface area contributed by atoms with Crippen molar-refractivity contribution in [2.75, 3.05) is 26.7 Å². The molecule has 156 valence electrons. The second kappa shape index (κ2) is 11.7. The molecule has 29 heavy (non-hydrogen) atoms. The highest BCUT2D eigenvalue weighted by Crippen LogP contribution is 2.24. The minimum atomic E-state index is -0.355. The maximum atomic E-state index is 11.2. The molecule has 1 fully saturated rings. The van der Waals surface area contributed by atoms with Gasteiger partial charge in [-0.25, -0.2) is 0 Å². The van der Waals surface area contributed by atoms with Gasteiger partial charge in [-0.15, -0.1) is 24.0 Å². The fraction of sp³-hybridized carbons (Fsp3) is 0.381. The van der Waals surface area contributed by atoms with E-state index < -0.39 is 0 Å². The topological polar surface area (TPSA) is 82.8 Å². The third kappa shape index (κ3) is 6.40. The molecule has 1 saturated heterocycles. The number of para-hydroxylation sites is 1. The number of hydrogen-bond donors (Lipinski definition) is 2. The largest absolute Gasteiger partial charge is 0.354 e. The lowest BCUT2D eigenvalue weighted by Gasteiger charge is -2.29. The summed E-state index contributed by atoms with van der Waals surface area (Å²) in [7, 11) is 1.71. The molecule has 2 aromatic carbocycles. The van der Waals surface area contributed by atoms with Gasteiger partial charge in [-0.05, 0) is 31.5 Å². The van der Waals surface area contributed by atoms with E-state index in [1.807, 2.05) is 6.07 Å². The molecule has 1 aliphatic rings. The van der Waals surface area contributed by atoms with Crippen molar-refractivity contribution in [2.24, 2.45) is 4.99 Å². The van der Waals surface area contributed by atoms with Crippen LogP contribution in [0, 0.1) is 10.1 Å². The molecule has 0 aliphatic carbocycles. The zero-order valence-corrected chi connectivity index (χ0v) is 18.9. The molecule has 1 heterocycles. The fourth-order valence-corrected chi connectivity index (χ4v) is 3.62. The molecule has 0 bridgehead atoms. The number of halogens is 1. The van der Waals surface area contributed by atoms with Gasteiger partial charge in [0.15, 0.2) is 5.96 Å². The zero-order valence-electron chi connectivity index (χ0n) is 16.6. The second-order valence-corrected chi connectivity index (χ2v) is 6.86. The van der Waals surface area contributed by atoms with Gasteiger partial charge in [-0.2, -0.15) is 0 Å². The van der Waals surface area contributed by atoms with E-state index in [0.29, 0.717) is 18.1 Å². The molecule has 1 unspecified atom stereocenters. The standard InChI is InChI=1S/C21H27N5O2.HI/c1-22-21(23-15-18-11-5-6-12-19(18)26(27)28)24-16-20(25-13-7-8-14-25)17-9-3-2-4-10-17;/h2-6,9-12,20H,7-8,13-16H2,1H3,(H2,22,23,24);1H. The van der Waals surface area contributed by atoms with E-state index in [0.717, 1.165) is 19.6 Å². The summed E-state index contributed by atoms with van der Waals surface area (Å²) in [6.07, 6.45) is 2.46. The van der Waals surface area contributed by atoms with Crippen LogP contribution in [0.5, 0.6) is 0 Å². The quantitative estimate of drug-likeness (QED) is 0.196. The van der Waals surface area contributed by atoms with E-state index in [1.54, 1.807) is 25.2 Å². The number of hydrogen-bond acceptors (Lipinski definition) is 4. The Labute approximate surface area is 188 Å². The van der Waals surface area contributed by atoms with Gasteiger partial charge in [0.1, 0.15) is 0 Å². The molecule has 0 saturated carbocycles. The Balaban J connectivity index is 0.00000300. The van der Waals surface area contributed by atoms with Crippen LogP contribution in [0.1, 0.15) is 30.0 Å². The number of rotatable bonds is 7. The third-order valence-electron chi connectivity index (χ3n) is 5.09. The van der Waals surface area contributed by atoms with Crippen molar-refractivity contribution < 1.29 is 4.92 Å². The maximum absolute atomic E-state index is 11.2. The number of benzene rings is 2. The van der Waals surface area contributed by atoms with Crippen molar-refractivity contribution in [3.63, 3.8) is 0 Å². The lowest BCUT2D eigenvalue weighted by atomic mass is 10.1. The van der Waals surface area contributed by atoms with E-state index in [9.17, 15) is 10.1 Å². The highest BCUT2D eigenvalue weighted by molar-refractivity contribution is 14.0. The molecule has 3 rings (SSSR count). The summed E-state index contributed by atoms with van der Waals surface area (Å²) in [5, 5.41) is 17.8. The maximum Gasteiger partial charge on any atom is 0.274 e. The molecule has 1 atom stereocenters. The summed E-state index contributed by atoms with van der Waals surface area (Å²) >= 11 is 0. The number of nitro groups is 1. The summed E-state index contributed by atoms with van der Waals surface area (Å²) in [5.41, 5.74) is 2.03. The molecule has 1 aliphatic heterocycles. The molecular weight excluding hydrogens is 481 g/mol. The Morgan fingerprint density at radius 1 is 1.10 bits per heavy atom. The Bertz CT molecular complexity index is 810. The Hall–Kier alpha value is -2.20. The van der Waals surface area contributed by atoms with E-state index >= 15 is 0 Å². The summed E-state index contributed by atoms with van der Waals surface area (Å²) in [5.74, 6) is 0.637. The summed E-state index contributed by atoms with van der Waals surface area (Å²) in [6.45, 7) is 3.27. The average molecular weight is 509 g/mol. The third-order valence-corrected chi connectivity index (χ3v) is 5.09. The van der Waals surface area contributed by atoms with Crippen LogP contribution in [0.2, 0.25) is 0 Å². The van der Waals surface area contributed by atoms with Gasteiger partial charge in [-0.3, -0.25) is 20.0 Å². The summed E-state index contributed by atoms with van der Waals surface area (Å²) in [4.78, 5) is 17.6. The van der Waals surface area contributed by atoms with Gasteiger partial charge in [-0.1, -0.05) is 48.5 Å². The van der Waals surface area contributed by atoms with E-state index in [-0.39, 0.29) is 40.6 Å². The number of aliphatic imine (C=N–C) groups is 1. The van der Waals surface area contributed by atoms with E-state index in [1.165, 1.54) is 24.5 Å². The van der Waals surface area contributed by atoms with Crippen molar-refractivity contribution in [2.45, 2.75) is 25.4 Å². The minimum absolute atomic E-state index is 0. The first-order valence-electron chi connectivity index (χ1n) is 9.65. The van der Waals surface area contributed by atoms with Crippen LogP contribution in [0.25, 0.3) is 0 Å². The fourth-order valence-electron chi connectivity index (χ4n) is 3.62. The molecule has 0 spiro atoms. The average Bonchev–Trinajstić information content (AvgIpc) is 3.26. The van der Waals surface area contributed by atoms with Gasteiger partial charge in [0.2, 0.25) is 0 Å². The van der Waals surface area contributed by atoms with Crippen LogP contribution in [0.15, 0.2) is 59.6 Å². The van der Waals surface area contributed by atoms with Crippen molar-refractivity contribution in [3.8, 4) is 0 Å². The highest BCUT2D eigenvalue weighted by Gasteiger charge is 2.23. The first-order chi connectivity index (χ1) is 13.7. The van der Waals surface area contributed by atoms with Crippen molar-refractivity contribution in [1.29, 1.82) is 0 Å². The van der Waals surface area contributed by atoms with E-state index in [4.69, 9.17) is 0 Å². The molecule has 7 nitrogen and oxygen atoms in total. The van der Waals surface area contributed by atoms with Crippen molar-refractivity contribution in [3.05, 3.63) is 75.8 Å². The number of nitrogens with zero attached hydrogens (tertiary/aromatic N) is 3.